The number of halogens is 1. The van der Waals surface area contributed by atoms with Crippen molar-refractivity contribution < 1.29 is 9.21 Å². The van der Waals surface area contributed by atoms with Crippen LogP contribution in [0.15, 0.2) is 53.5 Å². The van der Waals surface area contributed by atoms with Gasteiger partial charge in [0.05, 0.1) is 16.8 Å². The van der Waals surface area contributed by atoms with Crippen molar-refractivity contribution in [3.8, 4) is 0 Å². The fourth-order valence-electron chi connectivity index (χ4n) is 3.00. The van der Waals surface area contributed by atoms with Gasteiger partial charge in [0, 0.05) is 23.5 Å². The van der Waals surface area contributed by atoms with Gasteiger partial charge in [-0.05, 0) is 31.5 Å². The minimum atomic E-state index is -0.293. The number of carbonyl (C=O) groups excluding carboxylic acids is 1. The Bertz CT molecular complexity index is 1120. The molecule has 0 aliphatic heterocycles. The van der Waals surface area contributed by atoms with Crippen molar-refractivity contribution in [3.05, 3.63) is 76.7 Å². The van der Waals surface area contributed by atoms with Gasteiger partial charge in [0.15, 0.2) is 0 Å². The van der Waals surface area contributed by atoms with E-state index in [4.69, 9.17) is 16.0 Å². The zero-order chi connectivity index (χ0) is 19.0. The van der Waals surface area contributed by atoms with Crippen molar-refractivity contribution in [1.29, 1.82) is 0 Å². The molecule has 1 aromatic carbocycles. The van der Waals surface area contributed by atoms with E-state index in [0.717, 1.165) is 16.5 Å². The molecule has 1 amide bonds. The molecular formula is C20H17ClN4O2. The molecule has 4 aromatic rings. The molecule has 4 rings (SSSR count). The summed E-state index contributed by atoms with van der Waals surface area (Å²) >= 11 is 6.58. The molecule has 0 saturated heterocycles. The highest BCUT2D eigenvalue weighted by molar-refractivity contribution is 6.39. The number of aryl methyl sites for hydroxylation is 2. The second-order valence-corrected chi connectivity index (χ2v) is 6.75. The lowest BCUT2D eigenvalue weighted by Crippen LogP contribution is -2.13. The Morgan fingerprint density at radius 1 is 1.22 bits per heavy atom. The maximum atomic E-state index is 12.7. The highest BCUT2D eigenvalue weighted by atomic mass is 35.5. The summed E-state index contributed by atoms with van der Waals surface area (Å²) in [7, 11) is 0. The first-order chi connectivity index (χ1) is 13.0. The molecule has 0 aliphatic carbocycles. The molecule has 0 fully saturated rings. The Morgan fingerprint density at radius 2 is 2.00 bits per heavy atom. The maximum Gasteiger partial charge on any atom is 0.258 e. The molecule has 0 spiro atoms. The number of hydrogen-bond acceptors (Lipinski definition) is 4. The molecule has 136 valence electrons. The van der Waals surface area contributed by atoms with Crippen molar-refractivity contribution in [3.63, 3.8) is 0 Å². The van der Waals surface area contributed by atoms with Crippen LogP contribution in [0.25, 0.3) is 11.0 Å². The van der Waals surface area contributed by atoms with Crippen molar-refractivity contribution in [1.82, 2.24) is 14.5 Å². The van der Waals surface area contributed by atoms with E-state index in [1.165, 1.54) is 12.5 Å². The first-order valence-electron chi connectivity index (χ1n) is 8.43. The second kappa shape index (κ2) is 6.89. The third-order valence-corrected chi connectivity index (χ3v) is 4.75. The predicted octanol–water partition coefficient (Wildman–Crippen LogP) is 4.60. The topological polar surface area (TPSA) is 73.0 Å². The van der Waals surface area contributed by atoms with Crippen molar-refractivity contribution in [2.45, 2.75) is 20.4 Å². The van der Waals surface area contributed by atoms with Gasteiger partial charge in [0.25, 0.3) is 5.91 Å². The number of aromatic nitrogens is 3. The van der Waals surface area contributed by atoms with Crippen LogP contribution in [0.5, 0.6) is 0 Å². The number of hydrogen-bond donors (Lipinski definition) is 1. The van der Waals surface area contributed by atoms with E-state index in [-0.39, 0.29) is 5.91 Å². The minimum Gasteiger partial charge on any atom is -0.447 e. The van der Waals surface area contributed by atoms with Crippen LogP contribution in [-0.2, 0) is 6.54 Å². The Hall–Kier alpha value is -3.12. The highest BCUT2D eigenvalue weighted by Gasteiger charge is 2.19. The van der Waals surface area contributed by atoms with Gasteiger partial charge in [-0.15, -0.1) is 0 Å². The molecule has 0 unspecified atom stereocenters. The summed E-state index contributed by atoms with van der Waals surface area (Å²) in [5.74, 6) is 0.282. The van der Waals surface area contributed by atoms with E-state index >= 15 is 0 Å². The molecule has 1 N–H and O–H groups in total. The summed E-state index contributed by atoms with van der Waals surface area (Å²) in [5.41, 5.74) is 3.78. The van der Waals surface area contributed by atoms with Crippen LogP contribution in [0.4, 0.5) is 5.69 Å². The quantitative estimate of drug-likeness (QED) is 0.561. The average molecular weight is 381 g/mol. The van der Waals surface area contributed by atoms with Crippen molar-refractivity contribution >= 4 is 34.2 Å². The maximum absolute atomic E-state index is 12.7. The number of nitrogens with zero attached hydrogens (tertiary/aromatic N) is 3. The van der Waals surface area contributed by atoms with Crippen LogP contribution in [0.2, 0.25) is 5.02 Å². The Kier molecular flexibility index (Phi) is 4.41. The predicted molar refractivity (Wildman–Crippen MR) is 104 cm³/mol. The van der Waals surface area contributed by atoms with Gasteiger partial charge < -0.3 is 14.3 Å². The average Bonchev–Trinajstić information content (AvgIpc) is 3.26. The number of pyridine rings is 1. The zero-order valence-electron chi connectivity index (χ0n) is 14.9. The first-order valence-corrected chi connectivity index (χ1v) is 8.81. The van der Waals surface area contributed by atoms with Crippen molar-refractivity contribution in [2.75, 3.05) is 5.32 Å². The summed E-state index contributed by atoms with van der Waals surface area (Å²) < 4.78 is 7.21. The Morgan fingerprint density at radius 3 is 2.70 bits per heavy atom. The van der Waals surface area contributed by atoms with E-state index in [1.54, 1.807) is 6.20 Å². The number of carbonyl (C=O) groups is 1. The second-order valence-electron chi connectivity index (χ2n) is 6.37. The molecule has 0 bridgehead atoms. The molecule has 6 nitrogen and oxygen atoms in total. The number of fused-ring (bicyclic) bond motifs is 1. The molecule has 3 heterocycles. The van der Waals surface area contributed by atoms with Gasteiger partial charge in [-0.3, -0.25) is 4.79 Å². The van der Waals surface area contributed by atoms with Crippen LogP contribution in [0, 0.1) is 13.8 Å². The largest absolute Gasteiger partial charge is 0.447 e. The summed E-state index contributed by atoms with van der Waals surface area (Å²) in [6, 6.07) is 7.58. The third-order valence-electron chi connectivity index (χ3n) is 4.35. The molecule has 0 atom stereocenters. The zero-order valence-corrected chi connectivity index (χ0v) is 15.6. The molecule has 3 aromatic heterocycles. The number of oxazole rings is 1. The lowest BCUT2D eigenvalue weighted by atomic mass is 10.1. The van der Waals surface area contributed by atoms with Crippen LogP contribution in [0.1, 0.15) is 27.4 Å². The summed E-state index contributed by atoms with van der Waals surface area (Å²) in [5, 5.41) is 3.99. The first kappa shape index (κ1) is 17.3. The van der Waals surface area contributed by atoms with E-state index in [2.05, 4.69) is 15.3 Å². The van der Waals surface area contributed by atoms with Gasteiger partial charge in [-0.2, -0.15) is 0 Å². The SMILES string of the molecule is Cc1ccc(NC(=O)c2cnc3c(c(C)cn3Cc3ncco3)c2Cl)cc1. The number of rotatable bonds is 4. The fourth-order valence-corrected chi connectivity index (χ4v) is 3.37. The van der Waals surface area contributed by atoms with E-state index in [0.29, 0.717) is 34.4 Å². The number of nitrogens with one attached hydrogen (secondary N) is 1. The molecule has 0 saturated carbocycles. The molecule has 27 heavy (non-hydrogen) atoms. The van der Waals surface area contributed by atoms with Gasteiger partial charge >= 0.3 is 0 Å². The van der Waals surface area contributed by atoms with E-state index in [9.17, 15) is 4.79 Å². The minimum absolute atomic E-state index is 0.293. The molecular weight excluding hydrogens is 364 g/mol. The fraction of sp³-hybridized carbons (Fsp3) is 0.150. The van der Waals surface area contributed by atoms with Gasteiger partial charge in [-0.1, -0.05) is 29.3 Å². The number of benzene rings is 1. The van der Waals surface area contributed by atoms with Gasteiger partial charge in [-0.25, -0.2) is 9.97 Å². The smallest absolute Gasteiger partial charge is 0.258 e. The third kappa shape index (κ3) is 3.31. The lowest BCUT2D eigenvalue weighted by molar-refractivity contribution is 0.102. The lowest BCUT2D eigenvalue weighted by Gasteiger charge is -2.08. The Labute approximate surface area is 160 Å². The van der Waals surface area contributed by atoms with Crippen LogP contribution >= 0.6 is 11.6 Å². The van der Waals surface area contributed by atoms with Crippen LogP contribution in [-0.4, -0.2) is 20.4 Å². The standard InChI is InChI=1S/C20H17ClN4O2/c1-12-3-5-14(6-4-12)24-20(26)15-9-23-19-17(18(15)21)13(2)10-25(19)11-16-22-7-8-27-16/h3-10H,11H2,1-2H3,(H,24,26). The Balaban J connectivity index is 1.68. The van der Waals surface area contributed by atoms with Gasteiger partial charge in [0.2, 0.25) is 5.89 Å². The van der Waals surface area contributed by atoms with E-state index in [1.807, 2.05) is 48.9 Å². The van der Waals surface area contributed by atoms with Crippen molar-refractivity contribution in [2.24, 2.45) is 0 Å². The van der Waals surface area contributed by atoms with Gasteiger partial charge in [0.1, 0.15) is 18.5 Å². The highest BCUT2D eigenvalue weighted by Crippen LogP contribution is 2.30. The monoisotopic (exact) mass is 380 g/mol. The number of amides is 1. The van der Waals surface area contributed by atoms with Crippen LogP contribution in [0.3, 0.4) is 0 Å². The number of anilines is 1. The summed E-state index contributed by atoms with van der Waals surface area (Å²) in [6.45, 7) is 4.37. The van der Waals surface area contributed by atoms with E-state index < -0.39 is 0 Å². The normalized spacial score (nSPS) is 11.1. The van der Waals surface area contributed by atoms with Crippen LogP contribution < -0.4 is 5.32 Å². The molecule has 0 radical (unpaired) electrons. The molecule has 0 aliphatic rings. The molecule has 7 heteroatoms. The summed E-state index contributed by atoms with van der Waals surface area (Å²) in [4.78, 5) is 21.3. The summed E-state index contributed by atoms with van der Waals surface area (Å²) in [6.07, 6.45) is 6.55.